The second-order valence-electron chi connectivity index (χ2n) is 4.90. The minimum atomic E-state index is -0.372. The third-order valence-corrected chi connectivity index (χ3v) is 4.22. The number of methoxy groups -OCH3 is 1. The van der Waals surface area contributed by atoms with Crippen LogP contribution in [-0.4, -0.2) is 49.0 Å². The number of rotatable bonds is 5. The lowest BCUT2D eigenvalue weighted by Crippen LogP contribution is -2.36. The van der Waals surface area contributed by atoms with E-state index in [0.717, 1.165) is 13.1 Å². The monoisotopic (exact) mass is 255 g/mol. The molecule has 0 radical (unpaired) electrons. The molecule has 0 spiro atoms. The summed E-state index contributed by atoms with van der Waals surface area (Å²) in [6.07, 6.45) is 0.819. The molecule has 4 heteroatoms. The van der Waals surface area contributed by atoms with E-state index in [9.17, 15) is 5.11 Å². The number of likely N-dealkylation sites (tertiary alicyclic amines) is 1. The third-order valence-electron chi connectivity index (χ3n) is 3.52. The number of nitrogens with zero attached hydrogens (tertiary/aromatic N) is 1. The summed E-state index contributed by atoms with van der Waals surface area (Å²) >= 11 is 1.76. The van der Waals surface area contributed by atoms with E-state index in [1.165, 1.54) is 12.0 Å². The second kappa shape index (κ2) is 5.96. The molecule has 1 aromatic heterocycles. The molecule has 1 fully saturated rings. The van der Waals surface area contributed by atoms with Gasteiger partial charge in [0.2, 0.25) is 0 Å². The van der Waals surface area contributed by atoms with E-state index in [2.05, 4.69) is 28.7 Å². The first kappa shape index (κ1) is 13.0. The summed E-state index contributed by atoms with van der Waals surface area (Å²) in [5, 5.41) is 14.2. The summed E-state index contributed by atoms with van der Waals surface area (Å²) in [6.45, 7) is 4.44. The Balaban J connectivity index is 1.89. The number of β-amino-alcohol motifs (C(OH)–C–C–N with tert-alkyl or cyclic N) is 1. The molecule has 1 N–H and O–H groups in total. The van der Waals surface area contributed by atoms with Crippen molar-refractivity contribution in [2.24, 2.45) is 0 Å². The molecule has 1 aliphatic heterocycles. The van der Waals surface area contributed by atoms with Crippen molar-refractivity contribution in [1.29, 1.82) is 0 Å². The Kier molecular flexibility index (Phi) is 4.56. The molecule has 2 rings (SSSR count). The molecule has 0 bridgehead atoms. The Morgan fingerprint density at radius 3 is 3.12 bits per heavy atom. The van der Waals surface area contributed by atoms with Crippen molar-refractivity contribution in [3.63, 3.8) is 0 Å². The van der Waals surface area contributed by atoms with Gasteiger partial charge in [0, 0.05) is 26.2 Å². The highest BCUT2D eigenvalue weighted by molar-refractivity contribution is 7.07. The van der Waals surface area contributed by atoms with Crippen molar-refractivity contribution in [2.45, 2.75) is 31.4 Å². The molecule has 0 saturated carbocycles. The van der Waals surface area contributed by atoms with Crippen molar-refractivity contribution in [3.05, 3.63) is 22.4 Å². The largest absolute Gasteiger partial charge is 0.389 e. The predicted octanol–water partition coefficient (Wildman–Crippen LogP) is 1.93. The molecule has 3 nitrogen and oxygen atoms in total. The van der Waals surface area contributed by atoms with Gasteiger partial charge in [0.05, 0.1) is 12.7 Å². The Morgan fingerprint density at radius 2 is 2.47 bits per heavy atom. The first-order valence-corrected chi connectivity index (χ1v) is 7.08. The van der Waals surface area contributed by atoms with E-state index in [1.807, 2.05) is 0 Å². The molecule has 1 saturated heterocycles. The maximum atomic E-state index is 9.78. The SMILES string of the molecule is COC[C@@H](O)CN1C[C@@H](c2ccsc2)C[C@@H]1C. The van der Waals surface area contributed by atoms with Gasteiger partial charge >= 0.3 is 0 Å². The average Bonchev–Trinajstić information content (AvgIpc) is 2.89. The van der Waals surface area contributed by atoms with Crippen LogP contribution in [0.25, 0.3) is 0 Å². The van der Waals surface area contributed by atoms with Crippen molar-refractivity contribution >= 4 is 11.3 Å². The average molecular weight is 255 g/mol. The Labute approximate surface area is 107 Å². The zero-order valence-corrected chi connectivity index (χ0v) is 11.3. The number of thiophene rings is 1. The van der Waals surface area contributed by atoms with Gasteiger partial charge in [-0.25, -0.2) is 0 Å². The van der Waals surface area contributed by atoms with Crippen LogP contribution < -0.4 is 0 Å². The Morgan fingerprint density at radius 1 is 1.65 bits per heavy atom. The van der Waals surface area contributed by atoms with Gasteiger partial charge in [-0.1, -0.05) is 0 Å². The highest BCUT2D eigenvalue weighted by Gasteiger charge is 2.31. The van der Waals surface area contributed by atoms with Gasteiger partial charge in [0.25, 0.3) is 0 Å². The lowest BCUT2D eigenvalue weighted by atomic mass is 10.00. The molecule has 1 aliphatic rings. The molecule has 17 heavy (non-hydrogen) atoms. The van der Waals surface area contributed by atoms with Crippen LogP contribution in [0.5, 0.6) is 0 Å². The standard InChI is InChI=1S/C13H21NO2S/c1-10-5-12(11-3-4-17-9-11)6-14(10)7-13(15)8-16-2/h3-4,9-10,12-13,15H,5-8H2,1-2H3/t10-,12-,13-/m0/s1. The summed E-state index contributed by atoms with van der Waals surface area (Å²) in [6, 6.07) is 2.77. The lowest BCUT2D eigenvalue weighted by molar-refractivity contribution is 0.0360. The van der Waals surface area contributed by atoms with Crippen LogP contribution in [-0.2, 0) is 4.74 Å². The van der Waals surface area contributed by atoms with Crippen molar-refractivity contribution in [1.82, 2.24) is 4.90 Å². The molecule has 0 aliphatic carbocycles. The molecule has 3 atom stereocenters. The highest BCUT2D eigenvalue weighted by Crippen LogP contribution is 2.32. The normalized spacial score (nSPS) is 27.5. The lowest BCUT2D eigenvalue weighted by Gasteiger charge is -2.23. The molecule has 0 unspecified atom stereocenters. The molecule has 0 amide bonds. The van der Waals surface area contributed by atoms with Crippen LogP contribution in [0.2, 0.25) is 0 Å². The second-order valence-corrected chi connectivity index (χ2v) is 5.68. The smallest absolute Gasteiger partial charge is 0.0900 e. The maximum Gasteiger partial charge on any atom is 0.0900 e. The fraction of sp³-hybridized carbons (Fsp3) is 0.692. The van der Waals surface area contributed by atoms with Gasteiger partial charge in [-0.15, -0.1) is 0 Å². The van der Waals surface area contributed by atoms with Crippen molar-refractivity contribution in [2.75, 3.05) is 26.8 Å². The van der Waals surface area contributed by atoms with Gasteiger partial charge in [0.15, 0.2) is 0 Å². The minimum Gasteiger partial charge on any atom is -0.389 e. The summed E-state index contributed by atoms with van der Waals surface area (Å²) in [7, 11) is 1.63. The predicted molar refractivity (Wildman–Crippen MR) is 70.6 cm³/mol. The van der Waals surface area contributed by atoms with E-state index in [1.54, 1.807) is 18.4 Å². The minimum absolute atomic E-state index is 0.372. The topological polar surface area (TPSA) is 32.7 Å². The number of hydrogen-bond acceptors (Lipinski definition) is 4. The van der Waals surface area contributed by atoms with Gasteiger partial charge in [-0.2, -0.15) is 11.3 Å². The first-order valence-electron chi connectivity index (χ1n) is 6.14. The van der Waals surface area contributed by atoms with Crippen LogP contribution in [0.3, 0.4) is 0 Å². The Hall–Kier alpha value is -0.420. The van der Waals surface area contributed by atoms with E-state index in [0.29, 0.717) is 18.6 Å². The highest BCUT2D eigenvalue weighted by atomic mass is 32.1. The molecule has 1 aromatic rings. The van der Waals surface area contributed by atoms with E-state index in [-0.39, 0.29) is 6.10 Å². The fourth-order valence-electron chi connectivity index (χ4n) is 2.62. The zero-order chi connectivity index (χ0) is 12.3. The number of hydrogen-bond donors (Lipinski definition) is 1. The fourth-order valence-corrected chi connectivity index (χ4v) is 3.36. The van der Waals surface area contributed by atoms with Gasteiger partial charge in [-0.3, -0.25) is 4.90 Å². The number of ether oxygens (including phenoxy) is 1. The van der Waals surface area contributed by atoms with E-state index < -0.39 is 0 Å². The van der Waals surface area contributed by atoms with E-state index in [4.69, 9.17) is 4.74 Å². The van der Waals surface area contributed by atoms with Crippen LogP contribution >= 0.6 is 11.3 Å². The zero-order valence-electron chi connectivity index (χ0n) is 10.5. The number of aliphatic hydroxyl groups is 1. The summed E-state index contributed by atoms with van der Waals surface area (Å²) in [5.74, 6) is 0.631. The molecule has 96 valence electrons. The van der Waals surface area contributed by atoms with Gasteiger partial charge < -0.3 is 9.84 Å². The van der Waals surface area contributed by atoms with E-state index >= 15 is 0 Å². The quantitative estimate of drug-likeness (QED) is 0.872. The van der Waals surface area contributed by atoms with Gasteiger partial charge in [0.1, 0.15) is 0 Å². The van der Waals surface area contributed by atoms with Crippen LogP contribution in [0.1, 0.15) is 24.8 Å². The summed E-state index contributed by atoms with van der Waals surface area (Å²) in [5.41, 5.74) is 1.45. The maximum absolute atomic E-state index is 9.78. The summed E-state index contributed by atoms with van der Waals surface area (Å²) in [4.78, 5) is 2.37. The molecule has 2 heterocycles. The van der Waals surface area contributed by atoms with Crippen LogP contribution in [0.15, 0.2) is 16.8 Å². The molecular formula is C13H21NO2S. The molecule has 0 aromatic carbocycles. The molecular weight excluding hydrogens is 234 g/mol. The Bertz CT molecular complexity index is 328. The third kappa shape index (κ3) is 3.28. The van der Waals surface area contributed by atoms with Crippen molar-refractivity contribution in [3.8, 4) is 0 Å². The van der Waals surface area contributed by atoms with Crippen LogP contribution in [0, 0.1) is 0 Å². The van der Waals surface area contributed by atoms with Crippen molar-refractivity contribution < 1.29 is 9.84 Å². The summed E-state index contributed by atoms with van der Waals surface area (Å²) < 4.78 is 4.97. The number of aliphatic hydroxyl groups excluding tert-OH is 1. The van der Waals surface area contributed by atoms with Gasteiger partial charge in [-0.05, 0) is 41.7 Å². The van der Waals surface area contributed by atoms with Crippen LogP contribution in [0.4, 0.5) is 0 Å². The first-order chi connectivity index (χ1) is 8.20.